The third-order valence-corrected chi connectivity index (χ3v) is 9.62. The summed E-state index contributed by atoms with van der Waals surface area (Å²) in [7, 11) is 1.65. The van der Waals surface area contributed by atoms with E-state index < -0.39 is 11.9 Å². The van der Waals surface area contributed by atoms with E-state index in [1.807, 2.05) is 30.3 Å². The van der Waals surface area contributed by atoms with E-state index in [1.165, 1.54) is 17.0 Å². The van der Waals surface area contributed by atoms with Crippen LogP contribution in [0.1, 0.15) is 63.1 Å². The van der Waals surface area contributed by atoms with Gasteiger partial charge in [0.15, 0.2) is 0 Å². The molecule has 2 saturated heterocycles. The highest BCUT2D eigenvalue weighted by Crippen LogP contribution is 2.49. The molecule has 1 unspecified atom stereocenters. The Bertz CT molecular complexity index is 1700. The van der Waals surface area contributed by atoms with E-state index in [4.69, 9.17) is 4.74 Å². The number of imide groups is 1. The van der Waals surface area contributed by atoms with Gasteiger partial charge < -0.3 is 14.5 Å². The first-order valence-electron chi connectivity index (χ1n) is 15.0. The minimum Gasteiger partial charge on any atom is -0.492 e. The van der Waals surface area contributed by atoms with Gasteiger partial charge in [0, 0.05) is 53.4 Å². The molecule has 0 aliphatic carbocycles. The van der Waals surface area contributed by atoms with Crippen LogP contribution in [0.3, 0.4) is 0 Å². The normalized spacial score (nSPS) is 20.7. The number of hydrogen-bond acceptors (Lipinski definition) is 6. The molecule has 0 saturated carbocycles. The summed E-state index contributed by atoms with van der Waals surface area (Å²) < 4.78 is 20.0. The number of amides is 4. The van der Waals surface area contributed by atoms with E-state index in [-0.39, 0.29) is 35.4 Å². The zero-order valence-electron chi connectivity index (χ0n) is 24.5. The van der Waals surface area contributed by atoms with Crippen molar-refractivity contribution in [2.45, 2.75) is 50.2 Å². The zero-order valence-corrected chi connectivity index (χ0v) is 24.5. The van der Waals surface area contributed by atoms with Crippen LogP contribution in [0.5, 0.6) is 5.75 Å². The molecule has 7 rings (SSSR count). The van der Waals surface area contributed by atoms with Gasteiger partial charge in [0.05, 0.1) is 13.2 Å². The van der Waals surface area contributed by atoms with Crippen molar-refractivity contribution in [1.29, 1.82) is 0 Å². The predicted molar refractivity (Wildman–Crippen MR) is 160 cm³/mol. The molecule has 3 aromatic rings. The average Bonchev–Trinajstić information content (AvgIpc) is 3.55. The Morgan fingerprint density at radius 3 is 2.64 bits per heavy atom. The maximum atomic E-state index is 13.7. The molecule has 3 aromatic carbocycles. The average molecular weight is 597 g/mol. The summed E-state index contributed by atoms with van der Waals surface area (Å²) in [6.45, 7) is 3.25. The lowest BCUT2D eigenvalue weighted by Crippen LogP contribution is -2.52. The van der Waals surface area contributed by atoms with E-state index >= 15 is 0 Å². The molecule has 4 aliphatic heterocycles. The summed E-state index contributed by atoms with van der Waals surface area (Å²) in [5.41, 5.74) is 4.48. The Kier molecular flexibility index (Phi) is 6.96. The maximum absolute atomic E-state index is 13.7. The third-order valence-electron chi connectivity index (χ3n) is 9.62. The molecule has 4 amide bonds. The molecular formula is C34H33FN4O5. The van der Waals surface area contributed by atoms with E-state index in [0.717, 1.165) is 48.4 Å². The number of fused-ring (bicyclic) bond motifs is 4. The van der Waals surface area contributed by atoms with Gasteiger partial charge in [-0.1, -0.05) is 24.3 Å². The van der Waals surface area contributed by atoms with Crippen molar-refractivity contribution >= 4 is 29.3 Å². The molecule has 2 fully saturated rings. The smallest absolute Gasteiger partial charge is 0.258 e. The quantitative estimate of drug-likeness (QED) is 0.450. The first kappa shape index (κ1) is 28.2. The number of carbonyl (C=O) groups excluding carboxylic acids is 4. The van der Waals surface area contributed by atoms with Crippen molar-refractivity contribution in [2.24, 2.45) is 0 Å². The van der Waals surface area contributed by atoms with Crippen LogP contribution in [-0.4, -0.2) is 66.2 Å². The predicted octanol–water partition coefficient (Wildman–Crippen LogP) is 3.79. The summed E-state index contributed by atoms with van der Waals surface area (Å²) in [4.78, 5) is 55.9. The van der Waals surface area contributed by atoms with Crippen LogP contribution >= 0.6 is 0 Å². The van der Waals surface area contributed by atoms with Gasteiger partial charge in [0.2, 0.25) is 11.8 Å². The van der Waals surface area contributed by atoms with E-state index in [2.05, 4.69) is 10.2 Å². The molecule has 4 aliphatic rings. The number of ether oxygens (including phenoxy) is 1. The second-order valence-electron chi connectivity index (χ2n) is 12.3. The van der Waals surface area contributed by atoms with Gasteiger partial charge in [-0.3, -0.25) is 29.4 Å². The molecule has 1 atom stereocenters. The highest BCUT2D eigenvalue weighted by atomic mass is 19.1. The van der Waals surface area contributed by atoms with Crippen LogP contribution in [0.15, 0.2) is 60.7 Å². The number of carbonyl (C=O) groups is 4. The van der Waals surface area contributed by atoms with Crippen molar-refractivity contribution in [3.8, 4) is 5.75 Å². The second kappa shape index (κ2) is 10.9. The molecule has 4 heterocycles. The summed E-state index contributed by atoms with van der Waals surface area (Å²) in [5, 5.41) is 2.36. The van der Waals surface area contributed by atoms with Gasteiger partial charge >= 0.3 is 0 Å². The summed E-state index contributed by atoms with van der Waals surface area (Å²) in [5.74, 6) is -0.731. The number of benzene rings is 3. The monoisotopic (exact) mass is 596 g/mol. The van der Waals surface area contributed by atoms with Gasteiger partial charge in [-0.25, -0.2) is 4.39 Å². The lowest BCUT2D eigenvalue weighted by Gasteiger charge is -2.38. The fourth-order valence-electron chi connectivity index (χ4n) is 7.09. The fraction of sp³-hybridized carbons (Fsp3) is 0.353. The Morgan fingerprint density at radius 1 is 1.07 bits per heavy atom. The molecule has 44 heavy (non-hydrogen) atoms. The first-order chi connectivity index (χ1) is 21.2. The van der Waals surface area contributed by atoms with E-state index in [9.17, 15) is 23.6 Å². The maximum Gasteiger partial charge on any atom is 0.258 e. The lowest BCUT2D eigenvalue weighted by atomic mass is 9.74. The van der Waals surface area contributed by atoms with Crippen molar-refractivity contribution in [3.63, 3.8) is 0 Å². The van der Waals surface area contributed by atoms with Crippen LogP contribution in [0.2, 0.25) is 0 Å². The summed E-state index contributed by atoms with van der Waals surface area (Å²) in [6.07, 6.45) is 2.33. The Balaban J connectivity index is 1.02. The van der Waals surface area contributed by atoms with E-state index in [0.29, 0.717) is 42.9 Å². The van der Waals surface area contributed by atoms with Gasteiger partial charge in [-0.15, -0.1) is 0 Å². The molecule has 1 N–H and O–H groups in total. The second-order valence-corrected chi connectivity index (χ2v) is 12.3. The first-order valence-corrected chi connectivity index (χ1v) is 15.0. The van der Waals surface area contributed by atoms with Gasteiger partial charge in [0.1, 0.15) is 17.6 Å². The number of likely N-dealkylation sites (tertiary alicyclic amines) is 1. The Labute approximate surface area is 254 Å². The number of halogens is 1. The zero-order chi connectivity index (χ0) is 30.6. The SMILES string of the molecule is CN(C(=O)c1cccc(CN2CCC3(CC2)COc2c3ccc3c2CN(C2CCC(=O)NC2=O)C3=O)c1)c1cccc(F)c1. The minimum atomic E-state index is -0.655. The van der Waals surface area contributed by atoms with Crippen LogP contribution in [0.25, 0.3) is 0 Å². The van der Waals surface area contributed by atoms with E-state index in [1.54, 1.807) is 30.1 Å². The molecule has 0 aromatic heterocycles. The number of rotatable bonds is 5. The number of nitrogens with zero attached hydrogens (tertiary/aromatic N) is 3. The topological polar surface area (TPSA) is 99.3 Å². The Hall–Kier alpha value is -4.57. The van der Waals surface area contributed by atoms with Gasteiger partial charge in [-0.2, -0.15) is 0 Å². The van der Waals surface area contributed by atoms with Crippen LogP contribution in [0, 0.1) is 5.82 Å². The number of hydrogen-bond donors (Lipinski definition) is 1. The van der Waals surface area contributed by atoms with Crippen LogP contribution in [0.4, 0.5) is 10.1 Å². The highest BCUT2D eigenvalue weighted by molar-refractivity contribution is 6.06. The van der Waals surface area contributed by atoms with Gasteiger partial charge in [0.25, 0.3) is 11.8 Å². The number of anilines is 1. The highest BCUT2D eigenvalue weighted by Gasteiger charge is 2.47. The largest absolute Gasteiger partial charge is 0.492 e. The van der Waals surface area contributed by atoms with Gasteiger partial charge in [-0.05, 0) is 74.3 Å². The molecule has 0 radical (unpaired) electrons. The van der Waals surface area contributed by atoms with Crippen molar-refractivity contribution < 1.29 is 28.3 Å². The minimum absolute atomic E-state index is 0.141. The molecule has 10 heteroatoms. The lowest BCUT2D eigenvalue weighted by molar-refractivity contribution is -0.136. The summed E-state index contributed by atoms with van der Waals surface area (Å²) >= 11 is 0. The molecule has 1 spiro atoms. The molecule has 9 nitrogen and oxygen atoms in total. The van der Waals surface area contributed by atoms with Crippen molar-refractivity contribution in [3.05, 3.63) is 94.3 Å². The fourth-order valence-corrected chi connectivity index (χ4v) is 7.09. The standard InChI is InChI=1S/C34H33FN4O5/c1-37(24-7-3-6-23(35)17-24)32(42)22-5-2-4-21(16-22)18-38-14-12-34(13-15-38)20-44-30-26-19-39(28-10-11-29(40)36-31(28)41)33(43)25(26)8-9-27(30)34/h2-9,16-17,28H,10-15,18-20H2,1H3,(H,36,40,41). The van der Waals surface area contributed by atoms with Crippen molar-refractivity contribution in [2.75, 3.05) is 31.6 Å². The number of piperidine rings is 2. The number of nitrogens with one attached hydrogen (secondary N) is 1. The Morgan fingerprint density at radius 2 is 1.86 bits per heavy atom. The third kappa shape index (κ3) is 4.83. The molecule has 0 bridgehead atoms. The molecular weight excluding hydrogens is 563 g/mol. The summed E-state index contributed by atoms with van der Waals surface area (Å²) in [6, 6.07) is 16.8. The molecule has 226 valence electrons. The van der Waals surface area contributed by atoms with Crippen LogP contribution in [-0.2, 0) is 28.1 Å². The van der Waals surface area contributed by atoms with Crippen molar-refractivity contribution in [1.82, 2.24) is 15.1 Å². The van der Waals surface area contributed by atoms with Crippen LogP contribution < -0.4 is 15.0 Å².